The van der Waals surface area contributed by atoms with E-state index in [9.17, 15) is 0 Å². The number of hydrazone groups is 1. The van der Waals surface area contributed by atoms with Crippen LogP contribution in [0, 0.1) is 0 Å². The monoisotopic (exact) mass is 168 g/mol. The predicted octanol–water partition coefficient (Wildman–Crippen LogP) is 2.03. The van der Waals surface area contributed by atoms with Crippen LogP contribution in [-0.2, 0) is 0 Å². The molecule has 1 heterocycles. The first-order valence-corrected chi connectivity index (χ1v) is 4.34. The average molecular weight is 168 g/mol. The van der Waals surface area contributed by atoms with Crippen LogP contribution in [-0.4, -0.2) is 24.8 Å². The summed E-state index contributed by atoms with van der Waals surface area (Å²) in [6.07, 6.45) is 0. The van der Waals surface area contributed by atoms with Gasteiger partial charge in [0.2, 0.25) is 0 Å². The zero-order valence-electron chi connectivity index (χ0n) is 7.03. The third-order valence-electron chi connectivity index (χ3n) is 1.23. The first-order chi connectivity index (χ1) is 5.20. The number of thiophene rings is 1. The maximum absolute atomic E-state index is 4.28. The molecule has 0 saturated carbocycles. The summed E-state index contributed by atoms with van der Waals surface area (Å²) in [4.78, 5) is 1.23. The van der Waals surface area contributed by atoms with Crippen molar-refractivity contribution in [2.75, 3.05) is 14.1 Å². The molecule has 1 rings (SSSR count). The van der Waals surface area contributed by atoms with Crippen LogP contribution in [0.15, 0.2) is 22.6 Å². The molecule has 0 amide bonds. The van der Waals surface area contributed by atoms with Crippen molar-refractivity contribution in [2.24, 2.45) is 5.10 Å². The van der Waals surface area contributed by atoms with Gasteiger partial charge in [0.15, 0.2) is 0 Å². The van der Waals surface area contributed by atoms with Crippen LogP contribution in [0.25, 0.3) is 0 Å². The molecule has 1 aromatic rings. The fraction of sp³-hybridized carbons (Fsp3) is 0.375. The van der Waals surface area contributed by atoms with E-state index in [4.69, 9.17) is 0 Å². The van der Waals surface area contributed by atoms with Gasteiger partial charge in [0.05, 0.1) is 5.71 Å². The molecule has 0 bridgehead atoms. The second-order valence-electron chi connectivity index (χ2n) is 2.51. The third kappa shape index (κ3) is 2.35. The van der Waals surface area contributed by atoms with Crippen LogP contribution in [0.2, 0.25) is 0 Å². The fourth-order valence-corrected chi connectivity index (χ4v) is 1.51. The molecule has 0 unspecified atom stereocenters. The zero-order chi connectivity index (χ0) is 8.27. The minimum atomic E-state index is 1.07. The molecule has 1 aromatic heterocycles. The number of nitrogens with zero attached hydrogens (tertiary/aromatic N) is 2. The molecular formula is C8H12N2S. The highest BCUT2D eigenvalue weighted by atomic mass is 32.1. The molecular weight excluding hydrogens is 156 g/mol. The second kappa shape index (κ2) is 3.53. The minimum Gasteiger partial charge on any atom is -0.303 e. The van der Waals surface area contributed by atoms with E-state index in [0.717, 1.165) is 5.71 Å². The summed E-state index contributed by atoms with van der Waals surface area (Å²) in [5, 5.41) is 8.15. The summed E-state index contributed by atoms with van der Waals surface area (Å²) in [5.74, 6) is 0. The molecule has 0 aliphatic carbocycles. The number of rotatable bonds is 2. The van der Waals surface area contributed by atoms with E-state index >= 15 is 0 Å². The van der Waals surface area contributed by atoms with Gasteiger partial charge >= 0.3 is 0 Å². The second-order valence-corrected chi connectivity index (χ2v) is 3.46. The van der Waals surface area contributed by atoms with Crippen molar-refractivity contribution in [3.63, 3.8) is 0 Å². The standard InChI is InChI=1S/C8H12N2S/c1-7(9-10(2)3)8-5-4-6-11-8/h4-6H,1-3H3/b9-7+. The molecule has 0 spiro atoms. The van der Waals surface area contributed by atoms with E-state index in [2.05, 4.69) is 16.5 Å². The Morgan fingerprint density at radius 2 is 2.27 bits per heavy atom. The quantitative estimate of drug-likeness (QED) is 0.487. The maximum atomic E-state index is 4.28. The summed E-state index contributed by atoms with van der Waals surface area (Å²) in [6, 6.07) is 4.11. The normalized spacial score (nSPS) is 11.7. The van der Waals surface area contributed by atoms with Crippen LogP contribution in [0.4, 0.5) is 0 Å². The van der Waals surface area contributed by atoms with E-state index in [-0.39, 0.29) is 0 Å². The Morgan fingerprint density at radius 1 is 1.55 bits per heavy atom. The average Bonchev–Trinajstić information content (AvgIpc) is 2.35. The number of hydrogen-bond donors (Lipinski definition) is 0. The lowest BCUT2D eigenvalue weighted by molar-refractivity contribution is 0.438. The molecule has 11 heavy (non-hydrogen) atoms. The molecule has 3 heteroatoms. The van der Waals surface area contributed by atoms with Gasteiger partial charge in [-0.15, -0.1) is 11.3 Å². The Labute approximate surface area is 71.2 Å². The first kappa shape index (κ1) is 8.27. The molecule has 0 saturated heterocycles. The first-order valence-electron chi connectivity index (χ1n) is 3.46. The Balaban J connectivity index is 2.77. The van der Waals surface area contributed by atoms with Crippen molar-refractivity contribution in [3.8, 4) is 0 Å². The van der Waals surface area contributed by atoms with Crippen LogP contribution < -0.4 is 0 Å². The molecule has 0 aromatic carbocycles. The van der Waals surface area contributed by atoms with E-state index in [0.29, 0.717) is 0 Å². The van der Waals surface area contributed by atoms with Gasteiger partial charge in [-0.1, -0.05) is 6.07 Å². The molecule has 0 aliphatic heterocycles. The fourth-order valence-electron chi connectivity index (χ4n) is 0.834. The minimum absolute atomic E-state index is 1.07. The van der Waals surface area contributed by atoms with Gasteiger partial charge in [-0.3, -0.25) is 0 Å². The lowest BCUT2D eigenvalue weighted by Gasteiger charge is -2.04. The highest BCUT2D eigenvalue weighted by molar-refractivity contribution is 7.12. The topological polar surface area (TPSA) is 15.6 Å². The zero-order valence-corrected chi connectivity index (χ0v) is 7.85. The van der Waals surface area contributed by atoms with Crippen molar-refractivity contribution in [1.82, 2.24) is 5.01 Å². The third-order valence-corrected chi connectivity index (χ3v) is 2.21. The van der Waals surface area contributed by atoms with Crippen molar-refractivity contribution in [1.29, 1.82) is 0 Å². The van der Waals surface area contributed by atoms with Crippen molar-refractivity contribution >= 4 is 17.0 Å². The largest absolute Gasteiger partial charge is 0.303 e. The lowest BCUT2D eigenvalue weighted by atomic mass is 10.3. The highest BCUT2D eigenvalue weighted by Crippen LogP contribution is 2.09. The highest BCUT2D eigenvalue weighted by Gasteiger charge is 1.96. The van der Waals surface area contributed by atoms with E-state index in [1.54, 1.807) is 11.3 Å². The van der Waals surface area contributed by atoms with Gasteiger partial charge in [-0.25, -0.2) is 0 Å². The molecule has 0 atom stereocenters. The van der Waals surface area contributed by atoms with E-state index < -0.39 is 0 Å². The molecule has 60 valence electrons. The van der Waals surface area contributed by atoms with Gasteiger partial charge < -0.3 is 5.01 Å². The Morgan fingerprint density at radius 3 is 2.73 bits per heavy atom. The van der Waals surface area contributed by atoms with E-state index in [1.807, 2.05) is 32.1 Å². The van der Waals surface area contributed by atoms with Crippen LogP contribution >= 0.6 is 11.3 Å². The maximum Gasteiger partial charge on any atom is 0.0745 e. The van der Waals surface area contributed by atoms with Crippen LogP contribution in [0.3, 0.4) is 0 Å². The summed E-state index contributed by atoms with van der Waals surface area (Å²) < 4.78 is 0. The van der Waals surface area contributed by atoms with Crippen molar-refractivity contribution in [3.05, 3.63) is 22.4 Å². The predicted molar refractivity (Wildman–Crippen MR) is 50.2 cm³/mol. The van der Waals surface area contributed by atoms with Gasteiger partial charge in [-0.2, -0.15) is 5.10 Å². The summed E-state index contributed by atoms with van der Waals surface area (Å²) in [6.45, 7) is 2.02. The number of hydrogen-bond acceptors (Lipinski definition) is 3. The van der Waals surface area contributed by atoms with Gasteiger partial charge in [0.25, 0.3) is 0 Å². The Hall–Kier alpha value is -0.830. The van der Waals surface area contributed by atoms with Crippen LogP contribution in [0.5, 0.6) is 0 Å². The molecule has 0 aliphatic rings. The van der Waals surface area contributed by atoms with Gasteiger partial charge in [-0.05, 0) is 18.4 Å². The van der Waals surface area contributed by atoms with Gasteiger partial charge in [0, 0.05) is 19.0 Å². The van der Waals surface area contributed by atoms with Gasteiger partial charge in [0.1, 0.15) is 0 Å². The molecule has 0 N–H and O–H groups in total. The summed E-state index contributed by atoms with van der Waals surface area (Å²) in [5.41, 5.74) is 1.07. The molecule has 2 nitrogen and oxygen atoms in total. The summed E-state index contributed by atoms with van der Waals surface area (Å²) >= 11 is 1.72. The Kier molecular flexibility index (Phi) is 2.65. The van der Waals surface area contributed by atoms with Crippen LogP contribution in [0.1, 0.15) is 11.8 Å². The lowest BCUT2D eigenvalue weighted by Crippen LogP contribution is -2.06. The Bertz CT molecular complexity index is 237. The van der Waals surface area contributed by atoms with Crippen molar-refractivity contribution in [2.45, 2.75) is 6.92 Å². The molecule has 0 fully saturated rings. The summed E-state index contributed by atoms with van der Waals surface area (Å²) in [7, 11) is 3.86. The SMILES string of the molecule is C/C(=N\N(C)C)c1cccs1. The molecule has 0 radical (unpaired) electrons. The smallest absolute Gasteiger partial charge is 0.0745 e. The van der Waals surface area contributed by atoms with E-state index in [1.165, 1.54) is 4.88 Å². The van der Waals surface area contributed by atoms with Crippen molar-refractivity contribution < 1.29 is 0 Å².